The van der Waals surface area contributed by atoms with Gasteiger partial charge in [-0.1, -0.05) is 13.8 Å². The maximum atomic E-state index is 11.5. The van der Waals surface area contributed by atoms with Crippen LogP contribution in [0.1, 0.15) is 34.6 Å². The average Bonchev–Trinajstić information content (AvgIpc) is 2.11. The molecule has 0 aromatic carbocycles. The van der Waals surface area contributed by atoms with Crippen LogP contribution in [0.25, 0.3) is 0 Å². The van der Waals surface area contributed by atoms with Crippen molar-refractivity contribution in [3.05, 3.63) is 0 Å². The standard InChI is InChI=1S/C11H21NO5/c1-7(2)8(9(13)17-15-6)12-10(14)16-11(3,4)5/h7-8H,1-6H3,(H,12,14). The highest BCUT2D eigenvalue weighted by Crippen LogP contribution is 2.09. The number of amides is 1. The molecule has 1 atom stereocenters. The minimum Gasteiger partial charge on any atom is -0.444 e. The Kier molecular flexibility index (Phi) is 5.95. The van der Waals surface area contributed by atoms with Gasteiger partial charge in [-0.25, -0.2) is 9.59 Å². The number of ether oxygens (including phenoxy) is 1. The van der Waals surface area contributed by atoms with Gasteiger partial charge >= 0.3 is 12.1 Å². The molecule has 0 rings (SSSR count). The fourth-order valence-corrected chi connectivity index (χ4v) is 1.07. The second-order valence-corrected chi connectivity index (χ2v) is 4.94. The molecule has 1 N–H and O–H groups in total. The lowest BCUT2D eigenvalue weighted by molar-refractivity contribution is -0.257. The van der Waals surface area contributed by atoms with E-state index in [9.17, 15) is 9.59 Å². The first kappa shape index (κ1) is 15.7. The van der Waals surface area contributed by atoms with E-state index < -0.39 is 23.7 Å². The smallest absolute Gasteiger partial charge is 0.408 e. The van der Waals surface area contributed by atoms with Gasteiger partial charge in [-0.2, -0.15) is 4.89 Å². The van der Waals surface area contributed by atoms with E-state index in [4.69, 9.17) is 4.74 Å². The van der Waals surface area contributed by atoms with Crippen LogP contribution in [0.3, 0.4) is 0 Å². The van der Waals surface area contributed by atoms with E-state index in [-0.39, 0.29) is 5.92 Å². The van der Waals surface area contributed by atoms with Crippen molar-refractivity contribution in [2.45, 2.75) is 46.3 Å². The Labute approximate surface area is 102 Å². The van der Waals surface area contributed by atoms with Crippen molar-refractivity contribution in [1.82, 2.24) is 5.32 Å². The maximum absolute atomic E-state index is 11.5. The monoisotopic (exact) mass is 247 g/mol. The molecular weight excluding hydrogens is 226 g/mol. The van der Waals surface area contributed by atoms with Crippen molar-refractivity contribution in [2.75, 3.05) is 7.11 Å². The van der Waals surface area contributed by atoms with Crippen molar-refractivity contribution >= 4 is 12.1 Å². The highest BCUT2D eigenvalue weighted by molar-refractivity contribution is 5.81. The highest BCUT2D eigenvalue weighted by atomic mass is 17.2. The lowest BCUT2D eigenvalue weighted by Gasteiger charge is -2.23. The summed E-state index contributed by atoms with van der Waals surface area (Å²) in [5.74, 6) is -0.793. The minimum atomic E-state index is -0.801. The first-order chi connectivity index (χ1) is 7.67. The number of alkyl carbamates (subject to hydrolysis) is 1. The van der Waals surface area contributed by atoms with Crippen LogP contribution < -0.4 is 5.32 Å². The van der Waals surface area contributed by atoms with Crippen LogP contribution in [0.2, 0.25) is 0 Å². The van der Waals surface area contributed by atoms with Crippen molar-refractivity contribution in [3.8, 4) is 0 Å². The molecule has 6 heteroatoms. The molecule has 0 aliphatic rings. The molecule has 0 radical (unpaired) electrons. The molecule has 0 aliphatic heterocycles. The molecule has 17 heavy (non-hydrogen) atoms. The van der Waals surface area contributed by atoms with Crippen LogP contribution in [0.15, 0.2) is 0 Å². The number of carbonyl (C=O) groups is 2. The van der Waals surface area contributed by atoms with Gasteiger partial charge in [0.15, 0.2) is 0 Å². The molecule has 100 valence electrons. The van der Waals surface area contributed by atoms with Gasteiger partial charge in [-0.15, -0.1) is 0 Å². The maximum Gasteiger partial charge on any atom is 0.408 e. The molecule has 0 saturated heterocycles. The SMILES string of the molecule is COOC(=O)C(NC(=O)OC(C)(C)C)C(C)C. The third-order valence-corrected chi connectivity index (χ3v) is 1.76. The van der Waals surface area contributed by atoms with E-state index in [1.807, 2.05) is 0 Å². The topological polar surface area (TPSA) is 73.9 Å². The summed E-state index contributed by atoms with van der Waals surface area (Å²) in [6, 6.07) is -0.801. The Morgan fingerprint density at radius 2 is 1.71 bits per heavy atom. The van der Waals surface area contributed by atoms with Crippen molar-refractivity contribution in [3.63, 3.8) is 0 Å². The highest BCUT2D eigenvalue weighted by Gasteiger charge is 2.28. The van der Waals surface area contributed by atoms with Gasteiger partial charge in [0.2, 0.25) is 0 Å². The van der Waals surface area contributed by atoms with E-state index in [1.165, 1.54) is 7.11 Å². The summed E-state index contributed by atoms with van der Waals surface area (Å²) in [7, 11) is 1.22. The fraction of sp³-hybridized carbons (Fsp3) is 0.818. The van der Waals surface area contributed by atoms with E-state index in [1.54, 1.807) is 34.6 Å². The molecule has 0 heterocycles. The Morgan fingerprint density at radius 3 is 2.06 bits per heavy atom. The average molecular weight is 247 g/mol. The third kappa shape index (κ3) is 6.78. The molecule has 1 amide bonds. The molecule has 0 fully saturated rings. The Hall–Kier alpha value is -1.30. The van der Waals surface area contributed by atoms with Crippen molar-refractivity contribution in [2.24, 2.45) is 5.92 Å². The molecule has 0 saturated carbocycles. The van der Waals surface area contributed by atoms with Gasteiger partial charge < -0.3 is 10.1 Å². The first-order valence-corrected chi connectivity index (χ1v) is 5.41. The molecule has 0 bridgehead atoms. The van der Waals surface area contributed by atoms with Crippen LogP contribution in [0, 0.1) is 5.92 Å². The number of hydrogen-bond donors (Lipinski definition) is 1. The predicted molar refractivity (Wildman–Crippen MR) is 61.1 cm³/mol. The van der Waals surface area contributed by atoms with Crippen molar-refractivity contribution < 1.29 is 24.1 Å². The molecular formula is C11H21NO5. The van der Waals surface area contributed by atoms with Gasteiger partial charge in [-0.05, 0) is 26.7 Å². The van der Waals surface area contributed by atoms with Crippen LogP contribution in [0.4, 0.5) is 4.79 Å². The van der Waals surface area contributed by atoms with Gasteiger partial charge in [-0.3, -0.25) is 4.89 Å². The van der Waals surface area contributed by atoms with Gasteiger partial charge in [0, 0.05) is 0 Å². The largest absolute Gasteiger partial charge is 0.444 e. The number of nitrogens with one attached hydrogen (secondary N) is 1. The van der Waals surface area contributed by atoms with Crippen LogP contribution in [-0.2, 0) is 19.3 Å². The predicted octanol–water partition coefficient (Wildman–Crippen LogP) is 1.64. The van der Waals surface area contributed by atoms with E-state index in [2.05, 4.69) is 15.1 Å². The zero-order chi connectivity index (χ0) is 13.6. The van der Waals surface area contributed by atoms with Gasteiger partial charge in [0.05, 0.1) is 7.11 Å². The van der Waals surface area contributed by atoms with Gasteiger partial charge in [0.25, 0.3) is 0 Å². The minimum absolute atomic E-state index is 0.134. The lowest BCUT2D eigenvalue weighted by atomic mass is 10.1. The molecule has 0 aromatic heterocycles. The van der Waals surface area contributed by atoms with E-state index in [0.29, 0.717) is 0 Å². The normalized spacial score (nSPS) is 13.1. The molecule has 6 nitrogen and oxygen atoms in total. The second-order valence-electron chi connectivity index (χ2n) is 4.94. The molecule has 0 aliphatic carbocycles. The van der Waals surface area contributed by atoms with Gasteiger partial charge in [0.1, 0.15) is 11.6 Å². The number of carbonyl (C=O) groups excluding carboxylic acids is 2. The quantitative estimate of drug-likeness (QED) is 0.604. The Bertz CT molecular complexity index is 270. The van der Waals surface area contributed by atoms with Crippen molar-refractivity contribution in [1.29, 1.82) is 0 Å². The zero-order valence-electron chi connectivity index (χ0n) is 11.2. The zero-order valence-corrected chi connectivity index (χ0v) is 11.2. The number of hydrogen-bond acceptors (Lipinski definition) is 5. The molecule has 0 aromatic rings. The lowest BCUT2D eigenvalue weighted by Crippen LogP contribution is -2.47. The van der Waals surface area contributed by atoms with Crippen LogP contribution >= 0.6 is 0 Å². The molecule has 1 unspecified atom stereocenters. The third-order valence-electron chi connectivity index (χ3n) is 1.76. The van der Waals surface area contributed by atoms with Crippen LogP contribution in [0.5, 0.6) is 0 Å². The summed E-state index contributed by atoms with van der Waals surface area (Å²) in [6.45, 7) is 8.78. The summed E-state index contributed by atoms with van der Waals surface area (Å²) in [5, 5.41) is 2.44. The first-order valence-electron chi connectivity index (χ1n) is 5.41. The Balaban J connectivity index is 4.46. The Morgan fingerprint density at radius 1 is 1.18 bits per heavy atom. The second kappa shape index (κ2) is 6.44. The van der Waals surface area contributed by atoms with Crippen LogP contribution in [-0.4, -0.2) is 30.8 Å². The summed E-state index contributed by atoms with van der Waals surface area (Å²) in [6.07, 6.45) is -0.663. The number of rotatable bonds is 4. The summed E-state index contributed by atoms with van der Waals surface area (Å²) in [5.41, 5.74) is -0.614. The summed E-state index contributed by atoms with van der Waals surface area (Å²) >= 11 is 0. The van der Waals surface area contributed by atoms with E-state index >= 15 is 0 Å². The summed E-state index contributed by atoms with van der Waals surface area (Å²) in [4.78, 5) is 31.6. The molecule has 0 spiro atoms. The fourth-order valence-electron chi connectivity index (χ4n) is 1.07. The summed E-state index contributed by atoms with van der Waals surface area (Å²) < 4.78 is 5.05. The van der Waals surface area contributed by atoms with E-state index in [0.717, 1.165) is 0 Å².